The molecule has 13 nitrogen and oxygen atoms in total. The van der Waals surface area contributed by atoms with Crippen LogP contribution in [0.2, 0.25) is 0 Å². The van der Waals surface area contributed by atoms with E-state index in [-0.39, 0.29) is 0 Å². The van der Waals surface area contributed by atoms with Gasteiger partial charge in [-0.25, -0.2) is 44.9 Å². The van der Waals surface area contributed by atoms with E-state index in [2.05, 4.69) is 172 Å². The van der Waals surface area contributed by atoms with Crippen molar-refractivity contribution in [3.05, 3.63) is 274 Å². The molecular weight excluding hydrogens is 1060 g/mol. The zero-order valence-electron chi connectivity index (χ0n) is 45.8. The maximum absolute atomic E-state index is 5.10. The molecule has 0 saturated carbocycles. The second kappa shape index (κ2) is 21.0. The number of nitrogens with zero attached hydrogens (tertiary/aromatic N) is 13. The van der Waals surface area contributed by atoms with E-state index >= 15 is 0 Å². The highest BCUT2D eigenvalue weighted by Gasteiger charge is 2.19. The van der Waals surface area contributed by atoms with Gasteiger partial charge in [0.05, 0.1) is 44.7 Å². The van der Waals surface area contributed by atoms with E-state index in [0.29, 0.717) is 63.3 Å². The fourth-order valence-corrected chi connectivity index (χ4v) is 11.4. The van der Waals surface area contributed by atoms with Gasteiger partial charge in [0, 0.05) is 97.9 Å². The molecule has 0 unspecified atom stereocenters. The first kappa shape index (κ1) is 49.7. The monoisotopic (exact) mass is 1100 g/mol. The van der Waals surface area contributed by atoms with Crippen molar-refractivity contribution in [2.45, 2.75) is 0 Å². The summed E-state index contributed by atoms with van der Waals surface area (Å²) in [4.78, 5) is 54.0. The normalized spacial score (nSPS) is 11.5. The fraction of sp³-hybridized carbons (Fsp3) is 0. The molecule has 0 spiro atoms. The number of pyridine rings is 2. The minimum absolute atomic E-state index is 0.416. The van der Waals surface area contributed by atoms with Crippen LogP contribution in [0.3, 0.4) is 0 Å². The Morgan fingerprint density at radius 1 is 0.209 bits per heavy atom. The highest BCUT2D eigenvalue weighted by atomic mass is 15.1. The van der Waals surface area contributed by atoms with Gasteiger partial charge in [0.2, 0.25) is 0 Å². The zero-order chi connectivity index (χ0) is 56.9. The van der Waals surface area contributed by atoms with Crippen molar-refractivity contribution in [3.8, 4) is 114 Å². The quantitative estimate of drug-likeness (QED) is 0.122. The van der Waals surface area contributed by atoms with E-state index in [1.165, 1.54) is 21.5 Å². The third kappa shape index (κ3) is 9.05. The Balaban J connectivity index is 0.694. The van der Waals surface area contributed by atoms with E-state index in [0.717, 1.165) is 72.4 Å². The first-order valence-electron chi connectivity index (χ1n) is 28.1. The first-order chi connectivity index (χ1) is 42.6. The molecule has 8 aromatic heterocycles. The van der Waals surface area contributed by atoms with Gasteiger partial charge < -0.3 is 9.13 Å². The van der Waals surface area contributed by atoms with E-state index in [4.69, 9.17) is 49.8 Å². The number of hydrogen-bond acceptors (Lipinski definition) is 11. The maximum atomic E-state index is 5.10. The molecule has 0 aliphatic carbocycles. The van der Waals surface area contributed by atoms with Crippen LogP contribution >= 0.6 is 0 Å². The largest absolute Gasteiger partial charge is 0.309 e. The molecule has 0 N–H and O–H groups in total. The van der Waals surface area contributed by atoms with Gasteiger partial charge >= 0.3 is 0 Å². The Morgan fingerprint density at radius 2 is 0.640 bits per heavy atom. The third-order valence-electron chi connectivity index (χ3n) is 15.5. The predicted octanol–water partition coefficient (Wildman–Crippen LogP) is 16.2. The van der Waals surface area contributed by atoms with Crippen LogP contribution in [0.25, 0.3) is 157 Å². The van der Waals surface area contributed by atoms with Gasteiger partial charge in [0.15, 0.2) is 34.9 Å². The van der Waals surface area contributed by atoms with Crippen LogP contribution in [0.4, 0.5) is 0 Å². The number of para-hydroxylation sites is 4. The summed E-state index contributed by atoms with van der Waals surface area (Å²) < 4.78 is 4.59. The molecular formula is C73H45N13. The molecule has 402 valence electrons. The van der Waals surface area contributed by atoms with E-state index in [1.54, 1.807) is 24.8 Å². The Kier molecular flexibility index (Phi) is 12.2. The third-order valence-corrected chi connectivity index (χ3v) is 15.5. The summed E-state index contributed by atoms with van der Waals surface area (Å²) in [5, 5.41) is 4.87. The molecule has 13 heteroatoms. The number of aromatic nitrogens is 13. The van der Waals surface area contributed by atoms with Gasteiger partial charge in [0.25, 0.3) is 0 Å². The molecule has 0 saturated heterocycles. The van der Waals surface area contributed by atoms with Crippen LogP contribution in [-0.4, -0.2) is 64.0 Å². The van der Waals surface area contributed by atoms with Crippen molar-refractivity contribution >= 4 is 43.6 Å². The predicted molar refractivity (Wildman–Crippen MR) is 340 cm³/mol. The molecule has 0 aliphatic rings. The van der Waals surface area contributed by atoms with Crippen molar-refractivity contribution in [3.63, 3.8) is 0 Å². The molecule has 0 fully saturated rings. The molecule has 8 heterocycles. The lowest BCUT2D eigenvalue weighted by atomic mass is 10.0. The van der Waals surface area contributed by atoms with Gasteiger partial charge in [-0.2, -0.15) is 0 Å². The molecule has 8 aromatic carbocycles. The molecule has 0 aliphatic heterocycles. The van der Waals surface area contributed by atoms with E-state index in [9.17, 15) is 0 Å². The zero-order valence-corrected chi connectivity index (χ0v) is 45.8. The lowest BCUT2D eigenvalue weighted by Gasteiger charge is -2.11. The number of fused-ring (bicyclic) bond motifs is 6. The smallest absolute Gasteiger partial charge is 0.182 e. The molecule has 0 amide bonds. The minimum atomic E-state index is 0.416. The summed E-state index contributed by atoms with van der Waals surface area (Å²) in [6.07, 6.45) is 10.7. The number of hydrogen-bond donors (Lipinski definition) is 0. The van der Waals surface area contributed by atoms with Crippen molar-refractivity contribution in [1.82, 2.24) is 64.0 Å². The van der Waals surface area contributed by atoms with E-state index in [1.807, 2.05) is 91.3 Å². The van der Waals surface area contributed by atoms with Crippen LogP contribution in [0.5, 0.6) is 0 Å². The molecule has 16 aromatic rings. The molecule has 16 rings (SSSR count). The number of benzene rings is 8. The van der Waals surface area contributed by atoms with Crippen LogP contribution < -0.4 is 0 Å². The van der Waals surface area contributed by atoms with Crippen molar-refractivity contribution in [1.29, 1.82) is 0 Å². The van der Waals surface area contributed by atoms with Crippen molar-refractivity contribution in [2.24, 2.45) is 0 Å². The van der Waals surface area contributed by atoms with Gasteiger partial charge in [-0.15, -0.1) is 0 Å². The molecule has 0 atom stereocenters. The Hall–Kier alpha value is -12.1. The summed E-state index contributed by atoms with van der Waals surface area (Å²) in [7, 11) is 0. The number of rotatable bonds is 11. The van der Waals surface area contributed by atoms with Crippen molar-refractivity contribution < 1.29 is 0 Å². The van der Waals surface area contributed by atoms with Gasteiger partial charge in [-0.1, -0.05) is 127 Å². The SMILES string of the molecule is c1ccc(-c2nc(-c3cnc(-c4ccc(-n5c6ccccc6c6ccccc65)cc4)nc3)cc(-c3cc(-c4cccc(-c5nc(-c6cnc(-c7ccc(-n8c9ccccc9c9ccccc98)cc7)nc6)nc(-c6ccccn6)n5)c4)ccn3)n2)cc1. The van der Waals surface area contributed by atoms with Crippen molar-refractivity contribution in [2.75, 3.05) is 0 Å². The van der Waals surface area contributed by atoms with Crippen LogP contribution in [0, 0.1) is 0 Å². The van der Waals surface area contributed by atoms with Gasteiger partial charge in [0.1, 0.15) is 5.69 Å². The highest BCUT2D eigenvalue weighted by Crippen LogP contribution is 2.36. The van der Waals surface area contributed by atoms with Gasteiger partial charge in [-0.3, -0.25) is 9.97 Å². The minimum Gasteiger partial charge on any atom is -0.309 e. The summed E-state index contributed by atoms with van der Waals surface area (Å²) in [6, 6.07) is 80.5. The maximum Gasteiger partial charge on any atom is 0.182 e. The summed E-state index contributed by atoms with van der Waals surface area (Å²) in [5.74, 6) is 3.05. The van der Waals surface area contributed by atoms with Crippen LogP contribution in [-0.2, 0) is 0 Å². The van der Waals surface area contributed by atoms with E-state index < -0.39 is 0 Å². The summed E-state index contributed by atoms with van der Waals surface area (Å²) in [6.45, 7) is 0. The molecule has 0 radical (unpaired) electrons. The second-order valence-electron chi connectivity index (χ2n) is 20.8. The summed E-state index contributed by atoms with van der Waals surface area (Å²) >= 11 is 0. The second-order valence-corrected chi connectivity index (χ2v) is 20.8. The summed E-state index contributed by atoms with van der Waals surface area (Å²) in [5.41, 5.74) is 16.0. The topological polar surface area (TPSA) is 152 Å². The Labute approximate surface area is 492 Å². The average Bonchev–Trinajstić information content (AvgIpc) is 3.67. The Bertz CT molecular complexity index is 4770. The fourth-order valence-electron chi connectivity index (χ4n) is 11.4. The molecule has 0 bridgehead atoms. The van der Waals surface area contributed by atoms with Crippen LogP contribution in [0.15, 0.2) is 274 Å². The van der Waals surface area contributed by atoms with Crippen LogP contribution in [0.1, 0.15) is 0 Å². The molecule has 86 heavy (non-hydrogen) atoms. The van der Waals surface area contributed by atoms with Gasteiger partial charge in [-0.05, 0) is 120 Å². The highest BCUT2D eigenvalue weighted by molar-refractivity contribution is 6.10. The first-order valence-corrected chi connectivity index (χ1v) is 28.1. The lowest BCUT2D eigenvalue weighted by molar-refractivity contribution is 1.05. The lowest BCUT2D eigenvalue weighted by Crippen LogP contribution is -2.02. The Morgan fingerprint density at radius 3 is 1.20 bits per heavy atom. The standard InChI is InChI=1S/C73H45N13/c1-2-15-46(16-3-1)70-80-61(52-42-76-68(77-43-52)47-28-32-54(33-29-47)85-64-24-8-4-19-56(64)57-20-5-9-25-65(57)85)41-63(81-70)62-40-50(36-38-75-62)49-17-14-18-51(39-49)71-82-72(84-73(83-71)60-23-12-13-37-74-60)53-44-78-69(79-45-53)48-30-34-55(35-31-48)86-66-26-10-6-21-58(66)59-22-7-11-27-67(59)86/h1-45H. The average molecular weight is 1100 g/mol.